The molecule has 7 nitrogen and oxygen atoms in total. The second kappa shape index (κ2) is 9.03. The quantitative estimate of drug-likeness (QED) is 0.642. The van der Waals surface area contributed by atoms with Gasteiger partial charge in [0.15, 0.2) is 6.10 Å². The molecule has 1 amide bonds. The van der Waals surface area contributed by atoms with E-state index in [-0.39, 0.29) is 12.5 Å². The Kier molecular flexibility index (Phi) is 6.26. The molecular formula is C21H23N3O4. The fourth-order valence-corrected chi connectivity index (χ4v) is 2.65. The zero-order valence-corrected chi connectivity index (χ0v) is 16.1. The number of benzene rings is 2. The summed E-state index contributed by atoms with van der Waals surface area (Å²) < 4.78 is 16.3. The largest absolute Gasteiger partial charge is 0.497 e. The van der Waals surface area contributed by atoms with Crippen molar-refractivity contribution < 1.29 is 18.8 Å². The standard InChI is InChI=1S/C21H23N3O4/c1-4-17(27-18-11-6-5-8-14(18)2)21(25)22-13-19-23-20(24-28-19)15-9-7-10-16(12-15)26-3/h5-12,17H,4,13H2,1-3H3,(H,22,25). The second-order valence-corrected chi connectivity index (χ2v) is 6.24. The SMILES string of the molecule is CCC(Oc1ccccc1C)C(=O)NCc1nc(-c2cccc(OC)c2)no1. The molecule has 0 aliphatic rings. The highest BCUT2D eigenvalue weighted by atomic mass is 16.5. The summed E-state index contributed by atoms with van der Waals surface area (Å²) in [5, 5.41) is 6.75. The van der Waals surface area contributed by atoms with E-state index < -0.39 is 6.10 Å². The van der Waals surface area contributed by atoms with Crippen LogP contribution in [0.4, 0.5) is 0 Å². The molecule has 1 heterocycles. The van der Waals surface area contributed by atoms with E-state index in [0.29, 0.717) is 29.6 Å². The van der Waals surface area contributed by atoms with Crippen molar-refractivity contribution in [1.82, 2.24) is 15.5 Å². The van der Waals surface area contributed by atoms with Crippen molar-refractivity contribution in [3.63, 3.8) is 0 Å². The number of carbonyl (C=O) groups excluding carboxylic acids is 1. The monoisotopic (exact) mass is 381 g/mol. The van der Waals surface area contributed by atoms with Crippen molar-refractivity contribution in [2.45, 2.75) is 32.9 Å². The van der Waals surface area contributed by atoms with Crippen LogP contribution in [0, 0.1) is 6.92 Å². The molecule has 0 saturated heterocycles. The fraction of sp³-hybridized carbons (Fsp3) is 0.286. The number of nitrogens with zero attached hydrogens (tertiary/aromatic N) is 2. The van der Waals surface area contributed by atoms with Gasteiger partial charge in [0, 0.05) is 5.56 Å². The summed E-state index contributed by atoms with van der Waals surface area (Å²) >= 11 is 0. The Hall–Kier alpha value is -3.35. The van der Waals surface area contributed by atoms with Crippen molar-refractivity contribution >= 4 is 5.91 Å². The zero-order valence-electron chi connectivity index (χ0n) is 16.1. The number of methoxy groups -OCH3 is 1. The summed E-state index contributed by atoms with van der Waals surface area (Å²) in [6.07, 6.45) is -0.0547. The molecule has 0 spiro atoms. The van der Waals surface area contributed by atoms with Crippen LogP contribution in [0.3, 0.4) is 0 Å². The first-order chi connectivity index (χ1) is 13.6. The number of amides is 1. The predicted octanol–water partition coefficient (Wildman–Crippen LogP) is 3.53. The molecule has 2 aromatic carbocycles. The van der Waals surface area contributed by atoms with Gasteiger partial charge in [-0.3, -0.25) is 4.79 Å². The lowest BCUT2D eigenvalue weighted by molar-refractivity contribution is -0.128. The number of aryl methyl sites for hydroxylation is 1. The molecule has 0 saturated carbocycles. The van der Waals surface area contributed by atoms with Gasteiger partial charge >= 0.3 is 0 Å². The summed E-state index contributed by atoms with van der Waals surface area (Å²) in [6, 6.07) is 15.0. The van der Waals surface area contributed by atoms with E-state index in [1.807, 2.05) is 62.4 Å². The maximum Gasteiger partial charge on any atom is 0.261 e. The number of hydrogen-bond donors (Lipinski definition) is 1. The molecule has 146 valence electrons. The first-order valence-electron chi connectivity index (χ1n) is 9.07. The number of ether oxygens (including phenoxy) is 2. The summed E-state index contributed by atoms with van der Waals surface area (Å²) in [5.74, 6) is 1.93. The molecule has 0 aliphatic carbocycles. The summed E-state index contributed by atoms with van der Waals surface area (Å²) in [5.41, 5.74) is 1.75. The Bertz CT molecular complexity index is 939. The molecule has 7 heteroatoms. The van der Waals surface area contributed by atoms with Gasteiger partial charge in [-0.15, -0.1) is 0 Å². The minimum Gasteiger partial charge on any atom is -0.497 e. The minimum atomic E-state index is -0.595. The molecule has 1 N–H and O–H groups in total. The number of rotatable bonds is 8. The predicted molar refractivity (Wildman–Crippen MR) is 104 cm³/mol. The minimum absolute atomic E-state index is 0.128. The number of para-hydroxylation sites is 1. The van der Waals surface area contributed by atoms with Crippen LogP contribution in [0.15, 0.2) is 53.1 Å². The van der Waals surface area contributed by atoms with Crippen LogP contribution in [0.2, 0.25) is 0 Å². The van der Waals surface area contributed by atoms with E-state index in [0.717, 1.165) is 11.1 Å². The Morgan fingerprint density at radius 3 is 2.79 bits per heavy atom. The molecule has 1 unspecified atom stereocenters. The van der Waals surface area contributed by atoms with E-state index in [1.165, 1.54) is 0 Å². The topological polar surface area (TPSA) is 86.5 Å². The highest BCUT2D eigenvalue weighted by Crippen LogP contribution is 2.21. The molecule has 28 heavy (non-hydrogen) atoms. The maximum absolute atomic E-state index is 12.5. The fourth-order valence-electron chi connectivity index (χ4n) is 2.65. The average Bonchev–Trinajstić information content (AvgIpc) is 3.20. The number of carbonyl (C=O) groups is 1. The lowest BCUT2D eigenvalue weighted by Gasteiger charge is -2.18. The Morgan fingerprint density at radius 2 is 2.04 bits per heavy atom. The lowest BCUT2D eigenvalue weighted by Crippen LogP contribution is -2.37. The highest BCUT2D eigenvalue weighted by molar-refractivity contribution is 5.81. The van der Waals surface area contributed by atoms with Gasteiger partial charge < -0.3 is 19.3 Å². The number of aromatic nitrogens is 2. The molecule has 0 aliphatic heterocycles. The maximum atomic E-state index is 12.5. The van der Waals surface area contributed by atoms with Gasteiger partial charge in [0.1, 0.15) is 11.5 Å². The average molecular weight is 381 g/mol. The highest BCUT2D eigenvalue weighted by Gasteiger charge is 2.20. The molecule has 1 atom stereocenters. The van der Waals surface area contributed by atoms with Crippen LogP contribution in [0.5, 0.6) is 11.5 Å². The van der Waals surface area contributed by atoms with Crippen LogP contribution >= 0.6 is 0 Å². The van der Waals surface area contributed by atoms with Crippen LogP contribution in [-0.4, -0.2) is 29.3 Å². The third kappa shape index (κ3) is 4.68. The lowest BCUT2D eigenvalue weighted by atomic mass is 10.2. The molecule has 3 aromatic rings. The van der Waals surface area contributed by atoms with Gasteiger partial charge in [-0.2, -0.15) is 4.98 Å². The zero-order chi connectivity index (χ0) is 19.9. The first-order valence-corrected chi connectivity index (χ1v) is 9.07. The first kappa shape index (κ1) is 19.4. The van der Waals surface area contributed by atoms with Gasteiger partial charge in [0.05, 0.1) is 13.7 Å². The van der Waals surface area contributed by atoms with E-state index in [4.69, 9.17) is 14.0 Å². The van der Waals surface area contributed by atoms with Crippen molar-refractivity contribution in [2.75, 3.05) is 7.11 Å². The van der Waals surface area contributed by atoms with Crippen LogP contribution in [0.25, 0.3) is 11.4 Å². The molecular weight excluding hydrogens is 358 g/mol. The Balaban J connectivity index is 1.61. The number of nitrogens with one attached hydrogen (secondary N) is 1. The van der Waals surface area contributed by atoms with Crippen LogP contribution < -0.4 is 14.8 Å². The smallest absolute Gasteiger partial charge is 0.261 e. The third-order valence-electron chi connectivity index (χ3n) is 4.24. The molecule has 3 rings (SSSR count). The van der Waals surface area contributed by atoms with Gasteiger partial charge in [-0.05, 0) is 37.1 Å². The van der Waals surface area contributed by atoms with Gasteiger partial charge in [0.25, 0.3) is 5.91 Å². The van der Waals surface area contributed by atoms with Crippen LogP contribution in [0.1, 0.15) is 24.8 Å². The van der Waals surface area contributed by atoms with E-state index in [2.05, 4.69) is 15.5 Å². The summed E-state index contributed by atoms with van der Waals surface area (Å²) in [6.45, 7) is 3.97. The van der Waals surface area contributed by atoms with Crippen molar-refractivity contribution in [3.05, 3.63) is 60.0 Å². The normalized spacial score (nSPS) is 11.7. The summed E-state index contributed by atoms with van der Waals surface area (Å²) in [4.78, 5) is 16.8. The second-order valence-electron chi connectivity index (χ2n) is 6.24. The van der Waals surface area contributed by atoms with Crippen molar-refractivity contribution in [1.29, 1.82) is 0 Å². The van der Waals surface area contributed by atoms with Crippen molar-refractivity contribution in [3.8, 4) is 22.9 Å². The third-order valence-corrected chi connectivity index (χ3v) is 4.24. The molecule has 0 bridgehead atoms. The Labute approximate surface area is 163 Å². The number of hydrogen-bond acceptors (Lipinski definition) is 6. The molecule has 0 radical (unpaired) electrons. The Morgan fingerprint density at radius 1 is 1.21 bits per heavy atom. The van der Waals surface area contributed by atoms with Crippen LogP contribution in [-0.2, 0) is 11.3 Å². The van der Waals surface area contributed by atoms with E-state index >= 15 is 0 Å². The van der Waals surface area contributed by atoms with Gasteiger partial charge in [0.2, 0.25) is 11.7 Å². The summed E-state index contributed by atoms with van der Waals surface area (Å²) in [7, 11) is 1.60. The molecule has 1 aromatic heterocycles. The van der Waals surface area contributed by atoms with Gasteiger partial charge in [-0.25, -0.2) is 0 Å². The van der Waals surface area contributed by atoms with Crippen molar-refractivity contribution in [2.24, 2.45) is 0 Å². The van der Waals surface area contributed by atoms with E-state index in [1.54, 1.807) is 7.11 Å². The molecule has 0 fully saturated rings. The van der Waals surface area contributed by atoms with E-state index in [9.17, 15) is 4.79 Å². The van der Waals surface area contributed by atoms with Gasteiger partial charge in [-0.1, -0.05) is 42.4 Å².